The van der Waals surface area contributed by atoms with Gasteiger partial charge in [-0.25, -0.2) is 9.97 Å². The lowest BCUT2D eigenvalue weighted by atomic mass is 10.0. The van der Waals surface area contributed by atoms with Crippen LogP contribution in [0.15, 0.2) is 67.0 Å². The number of aromatic nitrogens is 3. The van der Waals surface area contributed by atoms with Gasteiger partial charge in [0.1, 0.15) is 11.6 Å². The van der Waals surface area contributed by atoms with Crippen molar-refractivity contribution in [3.8, 4) is 17.0 Å². The summed E-state index contributed by atoms with van der Waals surface area (Å²) in [5.41, 5.74) is 1.11. The number of ether oxygens (including phenoxy) is 1. The molecule has 8 heteroatoms. The van der Waals surface area contributed by atoms with Crippen molar-refractivity contribution >= 4 is 10.9 Å². The molecule has 0 spiro atoms. The fourth-order valence-electron chi connectivity index (χ4n) is 3.22. The topological polar surface area (TPSA) is 59.9 Å². The number of nitrogens with one attached hydrogen (secondary N) is 1. The smallest absolute Gasteiger partial charge is 0.418 e. The molecule has 0 bridgehead atoms. The summed E-state index contributed by atoms with van der Waals surface area (Å²) in [5.74, 6) is 1.34. The number of nitrogens with zero attached hydrogens (tertiary/aromatic N) is 3. The van der Waals surface area contributed by atoms with E-state index in [1.165, 1.54) is 12.3 Å². The second kappa shape index (κ2) is 8.69. The molecule has 0 fully saturated rings. The Bertz CT molecular complexity index is 1190. The molecule has 1 N–H and O–H groups in total. The SMILES string of the molecule is COc1ccc(CNCc2ncc3ccc(-c4ncccc4C(F)(F)F)cc3n2)cc1. The van der Waals surface area contributed by atoms with E-state index in [1.807, 2.05) is 24.3 Å². The second-order valence-electron chi connectivity index (χ2n) is 6.91. The Hall–Kier alpha value is -3.52. The number of hydrogen-bond acceptors (Lipinski definition) is 5. The molecule has 2 aromatic carbocycles. The van der Waals surface area contributed by atoms with Crippen LogP contribution in [0.3, 0.4) is 0 Å². The minimum absolute atomic E-state index is 0.116. The summed E-state index contributed by atoms with van der Waals surface area (Å²) in [7, 11) is 1.62. The highest BCUT2D eigenvalue weighted by Gasteiger charge is 2.34. The van der Waals surface area contributed by atoms with Gasteiger partial charge < -0.3 is 10.1 Å². The van der Waals surface area contributed by atoms with E-state index in [4.69, 9.17) is 4.74 Å². The quantitative estimate of drug-likeness (QED) is 0.472. The van der Waals surface area contributed by atoms with E-state index in [0.717, 1.165) is 22.8 Å². The van der Waals surface area contributed by atoms with Crippen molar-refractivity contribution in [2.75, 3.05) is 7.11 Å². The Kier molecular flexibility index (Phi) is 5.81. The Morgan fingerprint density at radius 1 is 0.968 bits per heavy atom. The molecule has 0 aliphatic heterocycles. The van der Waals surface area contributed by atoms with Crippen LogP contribution in [0.1, 0.15) is 17.0 Å². The van der Waals surface area contributed by atoms with Crippen molar-refractivity contribution < 1.29 is 17.9 Å². The van der Waals surface area contributed by atoms with E-state index in [1.54, 1.807) is 31.5 Å². The average Bonchev–Trinajstić information content (AvgIpc) is 2.78. The molecule has 2 heterocycles. The Morgan fingerprint density at radius 2 is 1.77 bits per heavy atom. The molecule has 5 nitrogen and oxygen atoms in total. The first-order valence-corrected chi connectivity index (χ1v) is 9.56. The van der Waals surface area contributed by atoms with Crippen LogP contribution < -0.4 is 10.1 Å². The third-order valence-corrected chi connectivity index (χ3v) is 4.79. The number of benzene rings is 2. The van der Waals surface area contributed by atoms with Crippen LogP contribution in [0.5, 0.6) is 5.75 Å². The molecule has 31 heavy (non-hydrogen) atoms. The maximum Gasteiger partial charge on any atom is 0.418 e. The van der Waals surface area contributed by atoms with Crippen molar-refractivity contribution in [1.82, 2.24) is 20.3 Å². The lowest BCUT2D eigenvalue weighted by Crippen LogP contribution is -2.14. The van der Waals surface area contributed by atoms with Crippen molar-refractivity contribution in [3.05, 3.63) is 83.9 Å². The van der Waals surface area contributed by atoms with E-state index >= 15 is 0 Å². The van der Waals surface area contributed by atoms with E-state index in [9.17, 15) is 13.2 Å². The predicted molar refractivity (Wildman–Crippen MR) is 111 cm³/mol. The predicted octanol–water partition coefficient (Wildman–Crippen LogP) is 5.01. The lowest BCUT2D eigenvalue weighted by Gasteiger charge is -2.12. The summed E-state index contributed by atoms with van der Waals surface area (Å²) < 4.78 is 45.2. The molecule has 0 atom stereocenters. The van der Waals surface area contributed by atoms with Crippen molar-refractivity contribution in [3.63, 3.8) is 0 Å². The maximum atomic E-state index is 13.4. The van der Waals surface area contributed by atoms with Gasteiger partial charge in [0, 0.05) is 29.9 Å². The number of hydrogen-bond donors (Lipinski definition) is 1. The first-order valence-electron chi connectivity index (χ1n) is 9.56. The monoisotopic (exact) mass is 424 g/mol. The number of halogens is 3. The van der Waals surface area contributed by atoms with Crippen LogP contribution in [0.2, 0.25) is 0 Å². The van der Waals surface area contributed by atoms with Crippen LogP contribution in [-0.2, 0) is 19.3 Å². The largest absolute Gasteiger partial charge is 0.497 e. The van der Waals surface area contributed by atoms with Crippen LogP contribution >= 0.6 is 0 Å². The van der Waals surface area contributed by atoms with Gasteiger partial charge in [-0.1, -0.05) is 24.3 Å². The molecule has 4 aromatic rings. The van der Waals surface area contributed by atoms with Crippen molar-refractivity contribution in [1.29, 1.82) is 0 Å². The number of pyridine rings is 1. The first kappa shape index (κ1) is 20.7. The Morgan fingerprint density at radius 3 is 2.52 bits per heavy atom. The number of fused-ring (bicyclic) bond motifs is 1. The van der Waals surface area contributed by atoms with Crippen LogP contribution in [0.25, 0.3) is 22.2 Å². The fourth-order valence-corrected chi connectivity index (χ4v) is 3.22. The third kappa shape index (κ3) is 4.80. The van der Waals surface area contributed by atoms with Gasteiger partial charge in [0.15, 0.2) is 0 Å². The summed E-state index contributed by atoms with van der Waals surface area (Å²) in [6.45, 7) is 1.04. The highest BCUT2D eigenvalue weighted by Crippen LogP contribution is 2.36. The molecule has 0 radical (unpaired) electrons. The fraction of sp³-hybridized carbons (Fsp3) is 0.174. The van der Waals surface area contributed by atoms with Gasteiger partial charge in [-0.3, -0.25) is 4.98 Å². The summed E-state index contributed by atoms with van der Waals surface area (Å²) in [6.07, 6.45) is -1.47. The molecular formula is C23H19F3N4O. The highest BCUT2D eigenvalue weighted by molar-refractivity contribution is 5.83. The Balaban J connectivity index is 1.54. The number of alkyl halides is 3. The molecule has 0 unspecified atom stereocenters. The maximum absolute atomic E-state index is 13.4. The van der Waals surface area contributed by atoms with E-state index in [2.05, 4.69) is 20.3 Å². The second-order valence-corrected chi connectivity index (χ2v) is 6.91. The standard InChI is InChI=1S/C23H19F3N4O/c1-31-18-8-4-15(5-9-18)12-27-14-21-29-13-17-7-6-16(11-20(17)30-21)22-19(23(24,25)26)3-2-10-28-22/h2-11,13,27H,12,14H2,1H3. The molecule has 0 aliphatic rings. The van der Waals surface area contributed by atoms with E-state index in [0.29, 0.717) is 30.0 Å². The summed E-state index contributed by atoms with van der Waals surface area (Å²) in [5, 5.41) is 4.01. The summed E-state index contributed by atoms with van der Waals surface area (Å²) in [4.78, 5) is 12.8. The first-order chi connectivity index (χ1) is 14.9. The number of rotatable bonds is 6. The van der Waals surface area contributed by atoms with Gasteiger partial charge in [-0.05, 0) is 35.9 Å². The minimum atomic E-state index is -4.49. The van der Waals surface area contributed by atoms with Gasteiger partial charge in [-0.15, -0.1) is 0 Å². The van der Waals surface area contributed by atoms with Gasteiger partial charge in [-0.2, -0.15) is 13.2 Å². The Labute approximate surface area is 177 Å². The van der Waals surface area contributed by atoms with E-state index in [-0.39, 0.29) is 5.69 Å². The zero-order chi connectivity index (χ0) is 21.8. The van der Waals surface area contributed by atoms with Gasteiger partial charge in [0.2, 0.25) is 0 Å². The molecular weight excluding hydrogens is 405 g/mol. The zero-order valence-electron chi connectivity index (χ0n) is 16.6. The van der Waals surface area contributed by atoms with Crippen molar-refractivity contribution in [2.45, 2.75) is 19.3 Å². The molecule has 158 valence electrons. The summed E-state index contributed by atoms with van der Waals surface area (Å²) >= 11 is 0. The van der Waals surface area contributed by atoms with Crippen molar-refractivity contribution in [2.24, 2.45) is 0 Å². The molecule has 0 aliphatic carbocycles. The third-order valence-electron chi connectivity index (χ3n) is 4.79. The molecule has 0 saturated heterocycles. The molecule has 2 aromatic heterocycles. The zero-order valence-corrected chi connectivity index (χ0v) is 16.6. The van der Waals surface area contributed by atoms with Crippen LogP contribution in [0, 0.1) is 0 Å². The van der Waals surface area contributed by atoms with Gasteiger partial charge in [0.05, 0.1) is 30.4 Å². The molecule has 0 saturated carbocycles. The lowest BCUT2D eigenvalue weighted by molar-refractivity contribution is -0.137. The normalized spacial score (nSPS) is 11.6. The van der Waals surface area contributed by atoms with E-state index < -0.39 is 11.7 Å². The molecule has 4 rings (SSSR count). The minimum Gasteiger partial charge on any atom is -0.497 e. The summed E-state index contributed by atoms with van der Waals surface area (Å²) in [6, 6.07) is 14.9. The average molecular weight is 424 g/mol. The van der Waals surface area contributed by atoms with Crippen LogP contribution in [0.4, 0.5) is 13.2 Å². The molecule has 0 amide bonds. The highest BCUT2D eigenvalue weighted by atomic mass is 19.4. The van der Waals surface area contributed by atoms with Crippen LogP contribution in [-0.4, -0.2) is 22.1 Å². The van der Waals surface area contributed by atoms with Gasteiger partial charge >= 0.3 is 6.18 Å². The van der Waals surface area contributed by atoms with Gasteiger partial charge in [0.25, 0.3) is 0 Å². The number of methoxy groups -OCH3 is 1.